The van der Waals surface area contributed by atoms with E-state index in [1.165, 1.54) is 43.6 Å². The minimum absolute atomic E-state index is 0.127. The van der Waals surface area contributed by atoms with Gasteiger partial charge in [-0.15, -0.1) is 0 Å². The fourth-order valence-electron chi connectivity index (χ4n) is 3.31. The van der Waals surface area contributed by atoms with E-state index in [2.05, 4.69) is 42.3 Å². The standard InChI is InChI=1S/C17H32N4/c1-17(2,3)16-15(12-20(5)19-16)13-21-10-7-14(8-11-21)6-9-18-4/h12,14,18H,6-11,13H2,1-5H3. The van der Waals surface area contributed by atoms with Crippen molar-refractivity contribution in [3.05, 3.63) is 17.5 Å². The van der Waals surface area contributed by atoms with Crippen molar-refractivity contribution < 1.29 is 0 Å². The second-order valence-corrected chi connectivity index (χ2v) is 7.54. The van der Waals surface area contributed by atoms with Crippen molar-refractivity contribution in [2.75, 3.05) is 26.7 Å². The fraction of sp³-hybridized carbons (Fsp3) is 0.824. The first-order chi connectivity index (χ1) is 9.90. The average Bonchev–Trinajstić information content (AvgIpc) is 2.79. The molecule has 4 heteroatoms. The van der Waals surface area contributed by atoms with Crippen molar-refractivity contribution in [2.45, 2.75) is 52.0 Å². The number of likely N-dealkylation sites (tertiary alicyclic amines) is 1. The van der Waals surface area contributed by atoms with E-state index in [1.807, 2.05) is 18.8 Å². The largest absolute Gasteiger partial charge is 0.320 e. The predicted octanol–water partition coefficient (Wildman–Crippen LogP) is 2.54. The Morgan fingerprint density at radius 2 is 1.95 bits per heavy atom. The number of aryl methyl sites for hydroxylation is 1. The van der Waals surface area contributed by atoms with E-state index in [1.54, 1.807) is 0 Å². The SMILES string of the molecule is CNCCC1CCN(Cc2cn(C)nc2C(C)(C)C)CC1. The molecule has 1 saturated heterocycles. The van der Waals surface area contributed by atoms with Crippen LogP contribution in [0.3, 0.4) is 0 Å². The Morgan fingerprint density at radius 1 is 1.29 bits per heavy atom. The number of hydrogen-bond donors (Lipinski definition) is 1. The van der Waals surface area contributed by atoms with Crippen LogP contribution in [0.15, 0.2) is 6.20 Å². The molecule has 4 nitrogen and oxygen atoms in total. The molecule has 0 amide bonds. The van der Waals surface area contributed by atoms with Gasteiger partial charge in [0.2, 0.25) is 0 Å². The zero-order valence-corrected chi connectivity index (χ0v) is 14.4. The Labute approximate surface area is 129 Å². The van der Waals surface area contributed by atoms with Gasteiger partial charge >= 0.3 is 0 Å². The molecule has 1 aromatic rings. The molecule has 1 N–H and O–H groups in total. The highest BCUT2D eigenvalue weighted by atomic mass is 15.3. The number of nitrogens with one attached hydrogen (secondary N) is 1. The van der Waals surface area contributed by atoms with Gasteiger partial charge in [0.15, 0.2) is 0 Å². The molecule has 2 heterocycles. The van der Waals surface area contributed by atoms with Gasteiger partial charge in [-0.1, -0.05) is 20.8 Å². The molecule has 1 fully saturated rings. The van der Waals surface area contributed by atoms with Gasteiger partial charge in [-0.05, 0) is 51.9 Å². The Morgan fingerprint density at radius 3 is 2.52 bits per heavy atom. The molecule has 2 rings (SSSR count). The summed E-state index contributed by atoms with van der Waals surface area (Å²) in [6.07, 6.45) is 6.21. The van der Waals surface area contributed by atoms with Gasteiger partial charge in [0, 0.05) is 30.8 Å². The minimum Gasteiger partial charge on any atom is -0.320 e. The highest BCUT2D eigenvalue weighted by molar-refractivity contribution is 5.24. The molecule has 0 unspecified atom stereocenters. The van der Waals surface area contributed by atoms with Crippen molar-refractivity contribution in [2.24, 2.45) is 13.0 Å². The third-order valence-electron chi connectivity index (χ3n) is 4.52. The number of hydrogen-bond acceptors (Lipinski definition) is 3. The average molecular weight is 292 g/mol. The van der Waals surface area contributed by atoms with Crippen molar-refractivity contribution in [3.63, 3.8) is 0 Å². The maximum atomic E-state index is 4.68. The molecular weight excluding hydrogens is 260 g/mol. The Kier molecular flexibility index (Phi) is 5.44. The van der Waals surface area contributed by atoms with Crippen LogP contribution in [-0.2, 0) is 19.0 Å². The zero-order chi connectivity index (χ0) is 15.5. The van der Waals surface area contributed by atoms with Crippen molar-refractivity contribution in [3.8, 4) is 0 Å². The summed E-state index contributed by atoms with van der Waals surface area (Å²) in [5.74, 6) is 0.907. The summed E-state index contributed by atoms with van der Waals surface area (Å²) in [5, 5.41) is 7.95. The number of nitrogens with zero attached hydrogens (tertiary/aromatic N) is 3. The molecule has 120 valence electrons. The quantitative estimate of drug-likeness (QED) is 0.905. The van der Waals surface area contributed by atoms with Crippen LogP contribution in [0, 0.1) is 5.92 Å². The number of rotatable bonds is 5. The molecule has 0 aromatic carbocycles. The molecule has 0 saturated carbocycles. The van der Waals surface area contributed by atoms with E-state index >= 15 is 0 Å². The van der Waals surface area contributed by atoms with Crippen LogP contribution in [0.25, 0.3) is 0 Å². The molecule has 1 aliphatic rings. The maximum Gasteiger partial charge on any atom is 0.0722 e. The molecule has 0 radical (unpaired) electrons. The lowest BCUT2D eigenvalue weighted by atomic mass is 9.89. The summed E-state index contributed by atoms with van der Waals surface area (Å²) in [6, 6.07) is 0. The zero-order valence-electron chi connectivity index (χ0n) is 14.4. The summed E-state index contributed by atoms with van der Waals surface area (Å²) in [5.41, 5.74) is 2.78. The second kappa shape index (κ2) is 6.93. The van der Waals surface area contributed by atoms with Gasteiger partial charge in [0.05, 0.1) is 5.69 Å². The second-order valence-electron chi connectivity index (χ2n) is 7.54. The highest BCUT2D eigenvalue weighted by Crippen LogP contribution is 2.27. The van der Waals surface area contributed by atoms with E-state index in [9.17, 15) is 0 Å². The number of aromatic nitrogens is 2. The van der Waals surface area contributed by atoms with E-state index in [0.717, 1.165) is 19.0 Å². The van der Waals surface area contributed by atoms with Gasteiger partial charge in [-0.3, -0.25) is 9.58 Å². The molecule has 0 atom stereocenters. The van der Waals surface area contributed by atoms with Crippen molar-refractivity contribution in [1.29, 1.82) is 0 Å². The molecule has 1 aliphatic heterocycles. The molecule has 0 bridgehead atoms. The van der Waals surface area contributed by atoms with Crippen LogP contribution in [0.4, 0.5) is 0 Å². The lowest BCUT2D eigenvalue weighted by molar-refractivity contribution is 0.171. The van der Waals surface area contributed by atoms with Gasteiger partial charge in [-0.2, -0.15) is 5.10 Å². The van der Waals surface area contributed by atoms with Crippen LogP contribution >= 0.6 is 0 Å². The third-order valence-corrected chi connectivity index (χ3v) is 4.52. The smallest absolute Gasteiger partial charge is 0.0722 e. The van der Waals surface area contributed by atoms with Crippen LogP contribution in [0.2, 0.25) is 0 Å². The van der Waals surface area contributed by atoms with Gasteiger partial charge in [0.25, 0.3) is 0 Å². The van der Waals surface area contributed by atoms with Crippen molar-refractivity contribution in [1.82, 2.24) is 20.0 Å². The van der Waals surface area contributed by atoms with Crippen molar-refractivity contribution >= 4 is 0 Å². The first-order valence-electron chi connectivity index (χ1n) is 8.30. The first kappa shape index (κ1) is 16.5. The van der Waals surface area contributed by atoms with E-state index in [-0.39, 0.29) is 5.41 Å². The first-order valence-corrected chi connectivity index (χ1v) is 8.30. The number of piperidine rings is 1. The normalized spacial score (nSPS) is 18.3. The fourth-order valence-corrected chi connectivity index (χ4v) is 3.31. The maximum absolute atomic E-state index is 4.68. The Hall–Kier alpha value is -0.870. The molecule has 1 aromatic heterocycles. The summed E-state index contributed by atoms with van der Waals surface area (Å²) in [4.78, 5) is 2.60. The van der Waals surface area contributed by atoms with E-state index in [0.29, 0.717) is 0 Å². The van der Waals surface area contributed by atoms with Crippen LogP contribution < -0.4 is 5.32 Å². The Balaban J connectivity index is 1.92. The lowest BCUT2D eigenvalue weighted by Gasteiger charge is -2.32. The molecule has 21 heavy (non-hydrogen) atoms. The Bertz CT molecular complexity index is 436. The van der Waals surface area contributed by atoms with Crippen LogP contribution in [-0.4, -0.2) is 41.4 Å². The lowest BCUT2D eigenvalue weighted by Crippen LogP contribution is -2.34. The summed E-state index contributed by atoms with van der Waals surface area (Å²) in [6.45, 7) is 11.4. The monoisotopic (exact) mass is 292 g/mol. The highest BCUT2D eigenvalue weighted by Gasteiger charge is 2.25. The predicted molar refractivity (Wildman–Crippen MR) is 88.5 cm³/mol. The molecule has 0 spiro atoms. The topological polar surface area (TPSA) is 33.1 Å². The third kappa shape index (κ3) is 4.55. The molecular formula is C17H32N4. The van der Waals surface area contributed by atoms with Gasteiger partial charge in [-0.25, -0.2) is 0 Å². The summed E-state index contributed by atoms with van der Waals surface area (Å²) >= 11 is 0. The van der Waals surface area contributed by atoms with Crippen LogP contribution in [0.5, 0.6) is 0 Å². The van der Waals surface area contributed by atoms with E-state index < -0.39 is 0 Å². The van der Waals surface area contributed by atoms with E-state index in [4.69, 9.17) is 0 Å². The van der Waals surface area contributed by atoms with Gasteiger partial charge in [0.1, 0.15) is 0 Å². The summed E-state index contributed by atoms with van der Waals surface area (Å²) < 4.78 is 1.97. The van der Waals surface area contributed by atoms with Crippen LogP contribution in [0.1, 0.15) is 51.3 Å². The minimum atomic E-state index is 0.127. The van der Waals surface area contributed by atoms with Gasteiger partial charge < -0.3 is 5.32 Å². The molecule has 0 aliphatic carbocycles. The summed E-state index contributed by atoms with van der Waals surface area (Å²) in [7, 11) is 4.08.